The van der Waals surface area contributed by atoms with Gasteiger partial charge in [0.2, 0.25) is 0 Å². The Kier molecular flexibility index (Phi) is 9.70. The van der Waals surface area contributed by atoms with Crippen molar-refractivity contribution in [2.45, 2.75) is 50.5 Å². The molecule has 208 valence electrons. The first kappa shape index (κ1) is 29.1. The maximum absolute atomic E-state index is 12.6. The average molecular weight is 569 g/mol. The van der Waals surface area contributed by atoms with Gasteiger partial charge in [-0.1, -0.05) is 54.6 Å². The second-order valence-electron chi connectivity index (χ2n) is 10.4. The van der Waals surface area contributed by atoms with Crippen LogP contribution in [0.15, 0.2) is 72.8 Å². The topological polar surface area (TPSA) is 75.7 Å². The number of amides is 1. The Morgan fingerprint density at radius 2 is 1.69 bits per heavy atom. The molecule has 6 nitrogen and oxygen atoms in total. The fourth-order valence-corrected chi connectivity index (χ4v) is 6.55. The van der Waals surface area contributed by atoms with E-state index in [1.807, 2.05) is 48.5 Å². The predicted molar refractivity (Wildman–Crippen MR) is 158 cm³/mol. The molecule has 2 atom stereocenters. The number of rotatable bonds is 9. The number of benzene rings is 3. The lowest BCUT2D eigenvalue weighted by molar-refractivity contribution is 0.0947. The van der Waals surface area contributed by atoms with Crippen LogP contribution in [0.25, 0.3) is 11.1 Å². The van der Waals surface area contributed by atoms with Crippen LogP contribution in [0.3, 0.4) is 0 Å². The molecule has 1 heterocycles. The van der Waals surface area contributed by atoms with E-state index in [2.05, 4.69) is 28.4 Å². The first-order chi connectivity index (χ1) is 18.4. The Bertz CT molecular complexity index is 1360. The zero-order chi connectivity index (χ0) is 26.5. The van der Waals surface area contributed by atoms with E-state index in [1.165, 1.54) is 5.56 Å². The molecular weight excluding hydrogens is 532 g/mol. The molecule has 1 aliphatic heterocycles. The summed E-state index contributed by atoms with van der Waals surface area (Å²) in [7, 11) is -3.55. The molecule has 1 N–H and O–H groups in total. The van der Waals surface area contributed by atoms with Gasteiger partial charge in [0.05, 0.1) is 6.26 Å². The van der Waals surface area contributed by atoms with E-state index in [1.54, 1.807) is 6.07 Å². The number of nitrogens with one attached hydrogen (secondary N) is 1. The van der Waals surface area contributed by atoms with Crippen molar-refractivity contribution in [3.8, 4) is 16.9 Å². The molecule has 39 heavy (non-hydrogen) atoms. The lowest BCUT2D eigenvalue weighted by Gasteiger charge is -2.45. The summed E-state index contributed by atoms with van der Waals surface area (Å²) in [6, 6.07) is 24.2. The molecule has 3 aromatic rings. The number of nitrogens with zero attached hydrogens (tertiary/aromatic N) is 1. The summed E-state index contributed by atoms with van der Waals surface area (Å²) in [5.41, 5.74) is 5.23. The van der Waals surface area contributed by atoms with E-state index in [0.29, 0.717) is 29.8 Å². The Labute approximate surface area is 238 Å². The lowest BCUT2D eigenvalue weighted by Crippen LogP contribution is -2.46. The number of halogens is 1. The van der Waals surface area contributed by atoms with Gasteiger partial charge in [0.15, 0.2) is 0 Å². The predicted octanol–water partition coefficient (Wildman–Crippen LogP) is 5.82. The molecule has 1 saturated heterocycles. The molecule has 8 heteroatoms. The number of hydrogen-bond acceptors (Lipinski definition) is 5. The number of piperidine rings is 1. The van der Waals surface area contributed by atoms with Crippen molar-refractivity contribution in [1.82, 2.24) is 10.2 Å². The second-order valence-corrected chi connectivity index (χ2v) is 12.0. The highest BCUT2D eigenvalue weighted by Gasteiger charge is 2.37. The van der Waals surface area contributed by atoms with Gasteiger partial charge < -0.3 is 9.50 Å². The third-order valence-electron chi connectivity index (χ3n) is 7.81. The van der Waals surface area contributed by atoms with E-state index in [9.17, 15) is 13.2 Å². The van der Waals surface area contributed by atoms with Crippen LogP contribution in [0.1, 0.15) is 59.5 Å². The monoisotopic (exact) mass is 568 g/mol. The molecule has 5 rings (SSSR count). The van der Waals surface area contributed by atoms with Crippen molar-refractivity contribution >= 4 is 28.4 Å². The third kappa shape index (κ3) is 7.21. The largest absolute Gasteiger partial charge is 0.382 e. The summed E-state index contributed by atoms with van der Waals surface area (Å²) in [4.78, 5) is 15.2. The van der Waals surface area contributed by atoms with Crippen LogP contribution >= 0.6 is 12.4 Å². The summed E-state index contributed by atoms with van der Waals surface area (Å²) < 4.78 is 28.8. The van der Waals surface area contributed by atoms with Crippen molar-refractivity contribution < 1.29 is 17.4 Å². The van der Waals surface area contributed by atoms with Gasteiger partial charge >= 0.3 is 10.1 Å². The van der Waals surface area contributed by atoms with Crippen LogP contribution in [-0.2, 0) is 16.5 Å². The number of hydrogen-bond donors (Lipinski definition) is 1. The normalized spacial score (nSPS) is 18.8. The first-order valence-electron chi connectivity index (χ1n) is 13.6. The highest BCUT2D eigenvalue weighted by molar-refractivity contribution is 7.86. The zero-order valence-corrected chi connectivity index (χ0v) is 24.0. The van der Waals surface area contributed by atoms with Crippen LogP contribution in [0, 0.1) is 0 Å². The number of fused-ring (bicyclic) bond motifs is 3. The molecular formula is C31H37ClN2O4S. The van der Waals surface area contributed by atoms with Gasteiger partial charge in [-0.15, -0.1) is 12.4 Å². The second kappa shape index (κ2) is 13.0. The molecule has 2 aliphatic rings. The van der Waals surface area contributed by atoms with Gasteiger partial charge in [0.25, 0.3) is 5.91 Å². The van der Waals surface area contributed by atoms with Gasteiger partial charge in [-0.25, -0.2) is 0 Å². The third-order valence-corrected chi connectivity index (χ3v) is 8.29. The van der Waals surface area contributed by atoms with Crippen LogP contribution < -0.4 is 9.50 Å². The minimum atomic E-state index is -3.55. The number of unbranched alkanes of at least 4 members (excludes halogenated alkanes) is 1. The van der Waals surface area contributed by atoms with E-state index in [4.69, 9.17) is 4.18 Å². The quantitative estimate of drug-likeness (QED) is 0.260. The van der Waals surface area contributed by atoms with E-state index >= 15 is 0 Å². The summed E-state index contributed by atoms with van der Waals surface area (Å²) in [6.45, 7) is 2.77. The average Bonchev–Trinajstić information content (AvgIpc) is 2.92. The zero-order valence-electron chi connectivity index (χ0n) is 22.3. The molecule has 1 aliphatic carbocycles. The van der Waals surface area contributed by atoms with Crippen LogP contribution in [-0.4, -0.2) is 51.2 Å². The Balaban J connectivity index is 0.00000353. The Morgan fingerprint density at radius 3 is 2.44 bits per heavy atom. The Hall–Kier alpha value is -2.87. The maximum atomic E-state index is 12.6. The fraction of sp³-hybridized carbons (Fsp3) is 0.387. The van der Waals surface area contributed by atoms with Gasteiger partial charge in [-0.05, 0) is 98.0 Å². The van der Waals surface area contributed by atoms with Crippen LogP contribution in [0.4, 0.5) is 0 Å². The fourth-order valence-electron chi connectivity index (χ4n) is 6.07. The summed E-state index contributed by atoms with van der Waals surface area (Å²) in [5, 5.41) is 3.07. The molecule has 0 unspecified atom stereocenters. The van der Waals surface area contributed by atoms with E-state index < -0.39 is 10.1 Å². The van der Waals surface area contributed by atoms with Crippen LogP contribution in [0.5, 0.6) is 5.75 Å². The van der Waals surface area contributed by atoms with Crippen molar-refractivity contribution in [3.05, 3.63) is 89.5 Å². The number of carbonyl (C=O) groups excluding carboxylic acids is 1. The first-order valence-corrected chi connectivity index (χ1v) is 15.4. The SMILES string of the molecule is CS(=O)(=O)Oc1cccc2c1CC[C@H]1[C@H]2CCCN1CCCCNC(=O)c1ccc(-c2ccccc2)cc1.Cl. The summed E-state index contributed by atoms with van der Waals surface area (Å²) in [5.74, 6) is 0.874. The van der Waals surface area contributed by atoms with Gasteiger partial charge in [-0.3, -0.25) is 9.69 Å². The maximum Gasteiger partial charge on any atom is 0.306 e. The highest BCUT2D eigenvalue weighted by Crippen LogP contribution is 2.43. The van der Waals surface area contributed by atoms with Gasteiger partial charge in [-0.2, -0.15) is 8.42 Å². The van der Waals surface area contributed by atoms with E-state index in [-0.39, 0.29) is 18.3 Å². The summed E-state index contributed by atoms with van der Waals surface area (Å²) >= 11 is 0. The van der Waals surface area contributed by atoms with Crippen molar-refractivity contribution in [2.75, 3.05) is 25.9 Å². The van der Waals surface area contributed by atoms with Crippen molar-refractivity contribution in [1.29, 1.82) is 0 Å². The lowest BCUT2D eigenvalue weighted by atomic mass is 9.74. The minimum Gasteiger partial charge on any atom is -0.382 e. The molecule has 0 saturated carbocycles. The smallest absolute Gasteiger partial charge is 0.306 e. The van der Waals surface area contributed by atoms with E-state index in [0.717, 1.165) is 74.6 Å². The molecule has 0 spiro atoms. The number of carbonyl (C=O) groups is 1. The van der Waals surface area contributed by atoms with Crippen molar-refractivity contribution in [3.63, 3.8) is 0 Å². The minimum absolute atomic E-state index is 0. The standard InChI is InChI=1S/C31H36N2O4S.ClH/c1-38(35,36)37-30-13-7-11-26-27-12-8-22-33(29(27)19-18-28(26)30)21-6-5-20-32-31(34)25-16-14-24(15-17-25)23-9-3-2-4-10-23;/h2-4,7,9-11,13-17,27,29H,5-6,8,12,18-22H2,1H3,(H,32,34);1H/t27-,29-;/m0./s1. The summed E-state index contributed by atoms with van der Waals surface area (Å²) in [6.07, 6.45) is 7.16. The molecule has 3 aromatic carbocycles. The van der Waals surface area contributed by atoms with Gasteiger partial charge in [0, 0.05) is 18.2 Å². The Morgan fingerprint density at radius 1 is 0.949 bits per heavy atom. The molecule has 0 aromatic heterocycles. The number of likely N-dealkylation sites (tertiary alicyclic amines) is 1. The molecule has 0 bridgehead atoms. The van der Waals surface area contributed by atoms with Crippen molar-refractivity contribution in [2.24, 2.45) is 0 Å². The highest BCUT2D eigenvalue weighted by atomic mass is 35.5. The van der Waals surface area contributed by atoms with Crippen LogP contribution in [0.2, 0.25) is 0 Å². The molecule has 1 amide bonds. The molecule has 0 radical (unpaired) electrons. The molecule has 1 fully saturated rings. The van der Waals surface area contributed by atoms with Gasteiger partial charge in [0.1, 0.15) is 5.75 Å².